The van der Waals surface area contributed by atoms with Gasteiger partial charge in [0.05, 0.1) is 12.2 Å². The van der Waals surface area contributed by atoms with Gasteiger partial charge < -0.3 is 10.2 Å². The normalized spacial score (nSPS) is 25.5. The third-order valence-electron chi connectivity index (χ3n) is 5.50. The Bertz CT molecular complexity index is 551. The number of aliphatic hydroxyl groups is 2. The molecule has 0 aromatic heterocycles. The van der Waals surface area contributed by atoms with Gasteiger partial charge in [-0.15, -0.1) is 0 Å². The van der Waals surface area contributed by atoms with Crippen molar-refractivity contribution in [2.24, 2.45) is 0 Å². The maximum Gasteiger partial charge on any atom is 0.0793 e. The predicted octanol–water partition coefficient (Wildman–Crippen LogP) is 0.793. The minimum atomic E-state index is -0.305. The molecule has 1 aromatic rings. The van der Waals surface area contributed by atoms with Gasteiger partial charge in [0.1, 0.15) is 0 Å². The fourth-order valence-corrected chi connectivity index (χ4v) is 4.21. The highest BCUT2D eigenvalue weighted by Gasteiger charge is 2.26. The van der Waals surface area contributed by atoms with Crippen LogP contribution in [0, 0.1) is 0 Å². The van der Waals surface area contributed by atoms with Crippen LogP contribution in [0.5, 0.6) is 0 Å². The first kappa shape index (κ1) is 18.8. The highest BCUT2D eigenvalue weighted by molar-refractivity contribution is 5.29. The van der Waals surface area contributed by atoms with Gasteiger partial charge in [0.2, 0.25) is 0 Å². The molecule has 2 N–H and O–H groups in total. The van der Waals surface area contributed by atoms with E-state index in [1.165, 1.54) is 11.1 Å². The average molecular weight is 348 g/mol. The zero-order valence-corrected chi connectivity index (χ0v) is 15.6. The van der Waals surface area contributed by atoms with Crippen molar-refractivity contribution in [3.63, 3.8) is 0 Å². The molecule has 0 spiro atoms. The molecule has 0 aliphatic carbocycles. The van der Waals surface area contributed by atoms with Crippen molar-refractivity contribution in [1.29, 1.82) is 0 Å². The summed E-state index contributed by atoms with van der Waals surface area (Å²) in [4.78, 5) is 7.08. The number of piperazine rings is 1. The van der Waals surface area contributed by atoms with Crippen LogP contribution in [0.2, 0.25) is 0 Å². The molecule has 1 aromatic carbocycles. The Balaban J connectivity index is 1.44. The van der Waals surface area contributed by atoms with Gasteiger partial charge in [-0.2, -0.15) is 0 Å². The average Bonchev–Trinajstić information content (AvgIpc) is 2.57. The highest BCUT2D eigenvalue weighted by atomic mass is 16.3. The summed E-state index contributed by atoms with van der Waals surface area (Å²) in [5, 5.41) is 20.1. The maximum atomic E-state index is 10.6. The molecular weight excluding hydrogens is 314 g/mol. The summed E-state index contributed by atoms with van der Waals surface area (Å²) in [5.74, 6) is 0. The fraction of sp³-hybridized carbons (Fsp3) is 0.700. The second kappa shape index (κ2) is 8.60. The predicted molar refractivity (Wildman–Crippen MR) is 101 cm³/mol. The number of hydrogen-bond donors (Lipinski definition) is 2. The van der Waals surface area contributed by atoms with Crippen LogP contribution in [0.15, 0.2) is 24.3 Å². The second-order valence-corrected chi connectivity index (χ2v) is 7.86. The van der Waals surface area contributed by atoms with E-state index in [-0.39, 0.29) is 12.2 Å². The Morgan fingerprint density at radius 3 is 2.44 bits per heavy atom. The Kier molecular flexibility index (Phi) is 6.47. The molecule has 140 valence electrons. The first-order chi connectivity index (χ1) is 12.0. The molecule has 25 heavy (non-hydrogen) atoms. The lowest BCUT2D eigenvalue weighted by Gasteiger charge is -2.41. The minimum absolute atomic E-state index is 0.276. The van der Waals surface area contributed by atoms with E-state index >= 15 is 0 Å². The number of fused-ring (bicyclic) bond motifs is 1. The van der Waals surface area contributed by atoms with Crippen LogP contribution in [-0.2, 0) is 13.0 Å². The van der Waals surface area contributed by atoms with Crippen molar-refractivity contribution >= 4 is 0 Å². The van der Waals surface area contributed by atoms with Crippen molar-refractivity contribution in [3.8, 4) is 0 Å². The molecular formula is C20H33N3O2. The third kappa shape index (κ3) is 5.25. The number of benzene rings is 1. The van der Waals surface area contributed by atoms with E-state index in [4.69, 9.17) is 0 Å². The fourth-order valence-electron chi connectivity index (χ4n) is 4.21. The summed E-state index contributed by atoms with van der Waals surface area (Å²) >= 11 is 0. The topological polar surface area (TPSA) is 50.2 Å². The van der Waals surface area contributed by atoms with E-state index in [9.17, 15) is 10.2 Å². The van der Waals surface area contributed by atoms with Gasteiger partial charge in [-0.1, -0.05) is 24.3 Å². The largest absolute Gasteiger partial charge is 0.392 e. The van der Waals surface area contributed by atoms with Crippen molar-refractivity contribution in [1.82, 2.24) is 14.7 Å². The van der Waals surface area contributed by atoms with Crippen LogP contribution in [0.1, 0.15) is 25.0 Å². The van der Waals surface area contributed by atoms with Crippen molar-refractivity contribution in [2.75, 3.05) is 45.8 Å². The molecule has 2 aliphatic heterocycles. The highest BCUT2D eigenvalue weighted by Crippen LogP contribution is 2.19. The zero-order chi connectivity index (χ0) is 17.8. The van der Waals surface area contributed by atoms with E-state index in [0.29, 0.717) is 6.04 Å². The van der Waals surface area contributed by atoms with Crippen LogP contribution in [0.25, 0.3) is 0 Å². The maximum absolute atomic E-state index is 10.6. The Hall–Kier alpha value is -0.980. The van der Waals surface area contributed by atoms with Crippen LogP contribution in [0.3, 0.4) is 0 Å². The van der Waals surface area contributed by atoms with Gasteiger partial charge in [0.15, 0.2) is 0 Å². The second-order valence-electron chi connectivity index (χ2n) is 7.86. The molecule has 1 fully saturated rings. The smallest absolute Gasteiger partial charge is 0.0793 e. The SMILES string of the molecule is C[C@H](O)CN1CCN(C[C@H](O)CN2CCc3ccccc3C2)C[C@H]1C. The van der Waals surface area contributed by atoms with Gasteiger partial charge in [-0.05, 0) is 31.4 Å². The Morgan fingerprint density at radius 2 is 1.72 bits per heavy atom. The van der Waals surface area contributed by atoms with Gasteiger partial charge in [0, 0.05) is 58.4 Å². The Morgan fingerprint density at radius 1 is 1.00 bits per heavy atom. The number of rotatable bonds is 6. The van der Waals surface area contributed by atoms with E-state index in [0.717, 1.165) is 58.8 Å². The molecule has 3 rings (SSSR count). The van der Waals surface area contributed by atoms with Crippen molar-refractivity contribution in [3.05, 3.63) is 35.4 Å². The first-order valence-electron chi connectivity index (χ1n) is 9.63. The van der Waals surface area contributed by atoms with E-state index in [2.05, 4.69) is 45.9 Å². The molecule has 1 saturated heterocycles. The van der Waals surface area contributed by atoms with Crippen LogP contribution < -0.4 is 0 Å². The van der Waals surface area contributed by atoms with Crippen LogP contribution in [0.4, 0.5) is 0 Å². The quantitative estimate of drug-likeness (QED) is 0.797. The Labute approximate surface area is 151 Å². The van der Waals surface area contributed by atoms with Gasteiger partial charge in [-0.3, -0.25) is 14.7 Å². The molecule has 0 bridgehead atoms. The van der Waals surface area contributed by atoms with Gasteiger partial charge in [0.25, 0.3) is 0 Å². The summed E-state index contributed by atoms with van der Waals surface area (Å²) < 4.78 is 0. The molecule has 5 heteroatoms. The van der Waals surface area contributed by atoms with E-state index in [1.807, 2.05) is 6.92 Å². The minimum Gasteiger partial charge on any atom is -0.392 e. The molecule has 0 saturated carbocycles. The van der Waals surface area contributed by atoms with Gasteiger partial charge >= 0.3 is 0 Å². The molecule has 5 nitrogen and oxygen atoms in total. The summed E-state index contributed by atoms with van der Waals surface area (Å²) in [6, 6.07) is 9.07. The number of aliphatic hydroxyl groups excluding tert-OH is 2. The molecule has 2 heterocycles. The molecule has 2 aliphatic rings. The molecule has 3 atom stereocenters. The molecule has 0 radical (unpaired) electrons. The summed E-state index contributed by atoms with van der Waals surface area (Å²) in [6.07, 6.45) is 0.500. The summed E-state index contributed by atoms with van der Waals surface area (Å²) in [5.41, 5.74) is 2.86. The van der Waals surface area contributed by atoms with Gasteiger partial charge in [-0.25, -0.2) is 0 Å². The van der Waals surface area contributed by atoms with Crippen LogP contribution >= 0.6 is 0 Å². The van der Waals surface area contributed by atoms with Crippen LogP contribution in [-0.4, -0.2) is 89.0 Å². The molecule has 0 amide bonds. The standard InChI is InChI=1S/C20H33N3O2/c1-16-11-22(9-10-23(16)12-17(2)24)15-20(25)14-21-8-7-18-5-3-4-6-19(18)13-21/h3-6,16-17,20,24-25H,7-15H2,1-2H3/t16-,17+,20-/m1/s1. The number of nitrogens with zero attached hydrogens (tertiary/aromatic N) is 3. The van der Waals surface area contributed by atoms with Crippen molar-refractivity contribution in [2.45, 2.75) is 45.1 Å². The lowest BCUT2D eigenvalue weighted by Crippen LogP contribution is -2.55. The number of β-amino-alcohol motifs (C(OH)–C–C–N with tert-alkyl or cyclic N) is 2. The molecule has 0 unspecified atom stereocenters. The number of hydrogen-bond acceptors (Lipinski definition) is 5. The lowest BCUT2D eigenvalue weighted by atomic mass is 10.00. The monoisotopic (exact) mass is 347 g/mol. The summed E-state index contributed by atoms with van der Waals surface area (Å²) in [7, 11) is 0. The van der Waals surface area contributed by atoms with Crippen molar-refractivity contribution < 1.29 is 10.2 Å². The zero-order valence-electron chi connectivity index (χ0n) is 15.6. The van der Waals surface area contributed by atoms with E-state index in [1.54, 1.807) is 0 Å². The lowest BCUT2D eigenvalue weighted by molar-refractivity contribution is 0.0149. The van der Waals surface area contributed by atoms with E-state index < -0.39 is 0 Å². The summed E-state index contributed by atoms with van der Waals surface area (Å²) in [6.45, 7) is 11.2. The third-order valence-corrected chi connectivity index (χ3v) is 5.50. The first-order valence-corrected chi connectivity index (χ1v) is 9.63.